The maximum absolute atomic E-state index is 13.4. The van der Waals surface area contributed by atoms with E-state index >= 15 is 0 Å². The Balaban J connectivity index is 1.93. The monoisotopic (exact) mass is 418 g/mol. The second-order valence-corrected chi connectivity index (χ2v) is 8.57. The first-order valence-corrected chi connectivity index (χ1v) is 9.26. The zero-order valence-corrected chi connectivity index (χ0v) is 15.7. The van der Waals surface area contributed by atoms with Crippen LogP contribution in [-0.2, 0) is 9.53 Å². The summed E-state index contributed by atoms with van der Waals surface area (Å²) in [5, 5.41) is 15.8. The number of hydrogen-bond donors (Lipinski definition) is 3. The van der Waals surface area contributed by atoms with E-state index in [1.165, 1.54) is 0 Å². The summed E-state index contributed by atoms with van der Waals surface area (Å²) < 4.78 is 85.6. The van der Waals surface area contributed by atoms with Gasteiger partial charge in [0.1, 0.15) is 11.3 Å². The number of hydrogen-bond acceptors (Lipinski definition) is 5. The van der Waals surface area contributed by atoms with Crippen molar-refractivity contribution in [1.29, 1.82) is 0 Å². The fourth-order valence-electron chi connectivity index (χ4n) is 4.61. The summed E-state index contributed by atoms with van der Waals surface area (Å²) in [6, 6.07) is 0. The molecule has 28 heavy (non-hydrogen) atoms. The Kier molecular flexibility index (Phi) is 4.80. The van der Waals surface area contributed by atoms with Gasteiger partial charge in [0, 0.05) is 0 Å². The number of alkyl halides is 6. The number of halogens is 6. The first kappa shape index (κ1) is 21.6. The zero-order chi connectivity index (χ0) is 21.3. The molecule has 0 bridgehead atoms. The van der Waals surface area contributed by atoms with Crippen molar-refractivity contribution in [3.05, 3.63) is 0 Å². The lowest BCUT2D eigenvalue weighted by atomic mass is 9.83. The van der Waals surface area contributed by atoms with Crippen LogP contribution in [0.15, 0.2) is 0 Å². The van der Waals surface area contributed by atoms with Crippen LogP contribution in [0, 0.1) is 17.8 Å². The Morgan fingerprint density at radius 1 is 1.07 bits per heavy atom. The summed E-state index contributed by atoms with van der Waals surface area (Å²) in [4.78, 5) is 12.8. The minimum atomic E-state index is -6.05. The van der Waals surface area contributed by atoms with Gasteiger partial charge in [-0.15, -0.1) is 0 Å². The highest BCUT2D eigenvalue weighted by atomic mass is 19.4. The molecule has 3 aliphatic rings. The van der Waals surface area contributed by atoms with Gasteiger partial charge in [-0.25, -0.2) is 0 Å². The topological polar surface area (TPSA) is 90.4 Å². The number of esters is 1. The summed E-state index contributed by atoms with van der Waals surface area (Å²) in [5.74, 6) is -3.81. The molecule has 2 aliphatic heterocycles. The Bertz CT molecular complexity index is 622. The maximum atomic E-state index is 13.4. The summed E-state index contributed by atoms with van der Waals surface area (Å²) in [7, 11) is 0. The van der Waals surface area contributed by atoms with E-state index in [1.54, 1.807) is 20.8 Å². The van der Waals surface area contributed by atoms with Crippen molar-refractivity contribution >= 4 is 5.97 Å². The minimum absolute atomic E-state index is 0.0120. The highest BCUT2D eigenvalue weighted by Gasteiger charge is 2.86. The molecule has 2 saturated heterocycles. The van der Waals surface area contributed by atoms with E-state index in [-0.39, 0.29) is 12.8 Å². The molecule has 0 aromatic heterocycles. The SMILES string of the molecule is CC(C)C(C(=O)OC(C1CCCC1)C(O)(C(F)(F)F)C(F)(F)F)C12NC1(C)N2. The molecule has 162 valence electrons. The predicted octanol–water partition coefficient (Wildman–Crippen LogP) is 2.84. The fraction of sp³-hybridized carbons (Fsp3) is 0.941. The van der Waals surface area contributed by atoms with Gasteiger partial charge >= 0.3 is 18.3 Å². The van der Waals surface area contributed by atoms with Gasteiger partial charge in [-0.2, -0.15) is 26.3 Å². The lowest BCUT2D eigenvalue weighted by Crippen LogP contribution is -2.67. The van der Waals surface area contributed by atoms with Crippen molar-refractivity contribution in [1.82, 2.24) is 10.6 Å². The molecule has 3 fully saturated rings. The molecule has 0 aromatic rings. The molecule has 0 radical (unpaired) electrons. The molecule has 0 aromatic carbocycles. The smallest absolute Gasteiger partial charge is 0.430 e. The van der Waals surface area contributed by atoms with E-state index in [1.807, 2.05) is 0 Å². The van der Waals surface area contributed by atoms with E-state index in [2.05, 4.69) is 10.6 Å². The molecule has 0 spiro atoms. The highest BCUT2D eigenvalue weighted by molar-refractivity contribution is 5.78. The number of aliphatic hydroxyl groups is 1. The molecular weight excluding hydrogens is 394 g/mol. The average Bonchev–Trinajstić information content (AvgIpc) is 3.12. The molecular formula is C17H24F6N2O3. The maximum Gasteiger partial charge on any atom is 0.430 e. The molecule has 0 amide bonds. The third kappa shape index (κ3) is 3.00. The Hall–Kier alpha value is -1.07. The van der Waals surface area contributed by atoms with Crippen molar-refractivity contribution in [2.75, 3.05) is 0 Å². The van der Waals surface area contributed by atoms with Crippen LogP contribution in [0.4, 0.5) is 26.3 Å². The van der Waals surface area contributed by atoms with Crippen molar-refractivity contribution in [2.45, 2.75) is 81.8 Å². The van der Waals surface area contributed by atoms with E-state index in [0.717, 1.165) is 0 Å². The number of nitrogens with one attached hydrogen (secondary N) is 2. The number of carbonyl (C=O) groups excluding carboxylic acids is 1. The van der Waals surface area contributed by atoms with Crippen LogP contribution < -0.4 is 10.6 Å². The normalized spacial score (nSPS) is 32.8. The van der Waals surface area contributed by atoms with Crippen LogP contribution in [0.3, 0.4) is 0 Å². The van der Waals surface area contributed by atoms with Gasteiger partial charge < -0.3 is 9.84 Å². The molecule has 11 heteroatoms. The summed E-state index contributed by atoms with van der Waals surface area (Å²) in [6.07, 6.45) is -14.0. The first-order valence-electron chi connectivity index (χ1n) is 9.26. The zero-order valence-electron chi connectivity index (χ0n) is 15.7. The van der Waals surface area contributed by atoms with E-state index in [0.29, 0.717) is 12.8 Å². The van der Waals surface area contributed by atoms with Gasteiger partial charge in [0.15, 0.2) is 6.10 Å². The fourth-order valence-corrected chi connectivity index (χ4v) is 4.61. The van der Waals surface area contributed by atoms with Crippen LogP contribution in [-0.4, -0.2) is 46.5 Å². The summed E-state index contributed by atoms with van der Waals surface area (Å²) in [5.41, 5.74) is -6.58. The molecule has 5 nitrogen and oxygen atoms in total. The van der Waals surface area contributed by atoms with Gasteiger partial charge in [-0.3, -0.25) is 15.4 Å². The van der Waals surface area contributed by atoms with Gasteiger partial charge in [-0.05, 0) is 31.6 Å². The molecule has 3 N–H and O–H groups in total. The van der Waals surface area contributed by atoms with Crippen LogP contribution in [0.1, 0.15) is 46.5 Å². The average molecular weight is 418 g/mol. The van der Waals surface area contributed by atoms with E-state index in [4.69, 9.17) is 4.74 Å². The minimum Gasteiger partial charge on any atom is -0.458 e. The van der Waals surface area contributed by atoms with Crippen molar-refractivity contribution in [3.63, 3.8) is 0 Å². The Morgan fingerprint density at radius 2 is 1.50 bits per heavy atom. The lowest BCUT2D eigenvalue weighted by Gasteiger charge is -2.41. The van der Waals surface area contributed by atoms with Crippen LogP contribution in [0.2, 0.25) is 0 Å². The van der Waals surface area contributed by atoms with Crippen molar-refractivity contribution in [3.8, 4) is 0 Å². The van der Waals surface area contributed by atoms with E-state index < -0.39 is 59.1 Å². The molecule has 1 aliphatic carbocycles. The Labute approximate surface area is 158 Å². The van der Waals surface area contributed by atoms with Gasteiger partial charge in [-0.1, -0.05) is 26.7 Å². The third-order valence-corrected chi connectivity index (χ3v) is 6.29. The first-order chi connectivity index (χ1) is 12.6. The number of ether oxygens (including phenoxy) is 1. The number of fused-ring (bicyclic) bond motifs is 1. The van der Waals surface area contributed by atoms with Gasteiger partial charge in [0.25, 0.3) is 5.60 Å². The largest absolute Gasteiger partial charge is 0.458 e. The summed E-state index contributed by atoms with van der Waals surface area (Å²) >= 11 is 0. The van der Waals surface area contributed by atoms with Gasteiger partial charge in [0.2, 0.25) is 0 Å². The standard InChI is InChI=1S/C17H24F6N2O3/c1-8(2)10(15-13(3,24-15)25-15)12(26)28-11(9-6-4-5-7-9)14(27,16(18,19)20)17(21,22)23/h8-11,24-25,27H,4-7H2,1-3H3. The molecule has 1 saturated carbocycles. The molecule has 2 heterocycles. The molecule has 3 rings (SSSR count). The van der Waals surface area contributed by atoms with Crippen LogP contribution in [0.5, 0.6) is 0 Å². The lowest BCUT2D eigenvalue weighted by molar-refractivity contribution is -0.396. The highest BCUT2D eigenvalue weighted by Crippen LogP contribution is 2.57. The number of rotatable bonds is 6. The van der Waals surface area contributed by atoms with Crippen molar-refractivity contribution in [2.24, 2.45) is 17.8 Å². The summed E-state index contributed by atoms with van der Waals surface area (Å²) in [6.45, 7) is 4.99. The quantitative estimate of drug-likeness (QED) is 0.351. The van der Waals surface area contributed by atoms with E-state index in [9.17, 15) is 36.2 Å². The van der Waals surface area contributed by atoms with Crippen LogP contribution >= 0.6 is 0 Å². The third-order valence-electron chi connectivity index (χ3n) is 6.29. The number of carbonyl (C=O) groups is 1. The second kappa shape index (κ2) is 6.21. The van der Waals surface area contributed by atoms with Crippen molar-refractivity contribution < 1.29 is 41.0 Å². The van der Waals surface area contributed by atoms with Crippen LogP contribution in [0.25, 0.3) is 0 Å². The molecule has 2 unspecified atom stereocenters. The Morgan fingerprint density at radius 3 is 1.82 bits per heavy atom. The van der Waals surface area contributed by atoms with Gasteiger partial charge in [0.05, 0.1) is 5.92 Å². The molecule has 2 atom stereocenters. The predicted molar refractivity (Wildman–Crippen MR) is 84.6 cm³/mol. The second-order valence-electron chi connectivity index (χ2n) is 8.57.